The summed E-state index contributed by atoms with van der Waals surface area (Å²) in [5.74, 6) is -0.00976. The minimum absolute atomic E-state index is 0.00976. The Labute approximate surface area is 170 Å². The molecule has 0 atom stereocenters. The molecule has 0 saturated carbocycles. The summed E-state index contributed by atoms with van der Waals surface area (Å²) in [5.41, 5.74) is 5.38. The van der Waals surface area contributed by atoms with Gasteiger partial charge in [0.2, 0.25) is 0 Å². The van der Waals surface area contributed by atoms with Crippen molar-refractivity contribution in [2.24, 2.45) is 7.05 Å². The largest absolute Gasteiger partial charge is 0.373 e. The summed E-state index contributed by atoms with van der Waals surface area (Å²) >= 11 is 0. The Bertz CT molecular complexity index is 984. The number of amides is 1. The first-order valence-electron chi connectivity index (χ1n) is 10.0. The molecule has 1 aromatic carbocycles. The SMILES string of the molecule is Cc1nn(C)c(C)c1-c1cc(C(=O)N2CCC(OCc3ccccc3)CC2)[nH]n1. The number of carbonyl (C=O) groups is 1. The van der Waals surface area contributed by atoms with Crippen molar-refractivity contribution >= 4 is 5.91 Å². The minimum Gasteiger partial charge on any atom is -0.373 e. The van der Waals surface area contributed by atoms with Gasteiger partial charge in [-0.3, -0.25) is 14.6 Å². The molecule has 1 N–H and O–H groups in total. The highest BCUT2D eigenvalue weighted by Crippen LogP contribution is 2.26. The maximum Gasteiger partial charge on any atom is 0.271 e. The number of aryl methyl sites for hydroxylation is 2. The molecule has 3 heterocycles. The lowest BCUT2D eigenvalue weighted by Crippen LogP contribution is -2.41. The monoisotopic (exact) mass is 393 g/mol. The third-order valence-electron chi connectivity index (χ3n) is 5.63. The van der Waals surface area contributed by atoms with E-state index in [0.29, 0.717) is 25.4 Å². The number of likely N-dealkylation sites (tertiary alicyclic amines) is 1. The third-order valence-corrected chi connectivity index (χ3v) is 5.63. The fraction of sp³-hybridized carbons (Fsp3) is 0.409. The van der Waals surface area contributed by atoms with Crippen LogP contribution in [0.25, 0.3) is 11.3 Å². The zero-order valence-corrected chi connectivity index (χ0v) is 17.2. The van der Waals surface area contributed by atoms with Crippen LogP contribution < -0.4 is 0 Å². The number of rotatable bonds is 5. The van der Waals surface area contributed by atoms with E-state index in [2.05, 4.69) is 27.4 Å². The Balaban J connectivity index is 1.35. The lowest BCUT2D eigenvalue weighted by Gasteiger charge is -2.31. The van der Waals surface area contributed by atoms with Crippen LogP contribution in [0, 0.1) is 13.8 Å². The number of nitrogens with one attached hydrogen (secondary N) is 1. The van der Waals surface area contributed by atoms with Crippen LogP contribution in [0.4, 0.5) is 0 Å². The summed E-state index contributed by atoms with van der Waals surface area (Å²) in [6, 6.07) is 12.0. The maximum atomic E-state index is 12.9. The van der Waals surface area contributed by atoms with E-state index in [1.54, 1.807) is 0 Å². The quantitative estimate of drug-likeness (QED) is 0.722. The predicted octanol–water partition coefficient (Wildman–Crippen LogP) is 3.25. The molecular formula is C22H27N5O2. The molecule has 0 radical (unpaired) electrons. The van der Waals surface area contributed by atoms with E-state index < -0.39 is 0 Å². The number of hydrogen-bond acceptors (Lipinski definition) is 4. The number of nitrogens with zero attached hydrogens (tertiary/aromatic N) is 4. The van der Waals surface area contributed by atoms with Crippen LogP contribution in [-0.4, -0.2) is 50.0 Å². The molecule has 2 aromatic heterocycles. The van der Waals surface area contributed by atoms with Crippen molar-refractivity contribution < 1.29 is 9.53 Å². The Morgan fingerprint density at radius 3 is 2.59 bits per heavy atom. The molecule has 1 aliphatic heterocycles. The highest BCUT2D eigenvalue weighted by molar-refractivity contribution is 5.93. The van der Waals surface area contributed by atoms with Gasteiger partial charge in [-0.25, -0.2) is 0 Å². The van der Waals surface area contributed by atoms with Gasteiger partial charge in [0.25, 0.3) is 5.91 Å². The van der Waals surface area contributed by atoms with E-state index in [-0.39, 0.29) is 12.0 Å². The number of aromatic amines is 1. The smallest absolute Gasteiger partial charge is 0.271 e. The van der Waals surface area contributed by atoms with Crippen LogP contribution in [0.2, 0.25) is 0 Å². The first-order chi connectivity index (χ1) is 14.0. The van der Waals surface area contributed by atoms with Crippen molar-refractivity contribution in [1.29, 1.82) is 0 Å². The third kappa shape index (κ3) is 4.10. The number of H-pyrrole nitrogens is 1. The van der Waals surface area contributed by atoms with Crippen LogP contribution in [-0.2, 0) is 18.4 Å². The highest BCUT2D eigenvalue weighted by Gasteiger charge is 2.26. The molecule has 7 heteroatoms. The summed E-state index contributed by atoms with van der Waals surface area (Å²) in [5, 5.41) is 11.7. The van der Waals surface area contributed by atoms with E-state index in [1.807, 2.05) is 54.7 Å². The summed E-state index contributed by atoms with van der Waals surface area (Å²) < 4.78 is 7.86. The van der Waals surface area contributed by atoms with Gasteiger partial charge in [-0.1, -0.05) is 30.3 Å². The Kier molecular flexibility index (Phi) is 5.49. The molecule has 0 aliphatic carbocycles. The zero-order chi connectivity index (χ0) is 20.4. The van der Waals surface area contributed by atoms with Crippen molar-refractivity contribution in [2.45, 2.75) is 39.4 Å². The van der Waals surface area contributed by atoms with Crippen molar-refractivity contribution in [3.8, 4) is 11.3 Å². The number of benzene rings is 1. The maximum absolute atomic E-state index is 12.9. The van der Waals surface area contributed by atoms with Crippen molar-refractivity contribution in [3.63, 3.8) is 0 Å². The lowest BCUT2D eigenvalue weighted by molar-refractivity contribution is -0.000508. The molecule has 152 valence electrons. The summed E-state index contributed by atoms with van der Waals surface area (Å²) in [7, 11) is 1.91. The molecule has 4 rings (SSSR count). The van der Waals surface area contributed by atoms with Crippen LogP contribution in [0.5, 0.6) is 0 Å². The second kappa shape index (κ2) is 8.21. The van der Waals surface area contributed by atoms with Crippen molar-refractivity contribution in [3.05, 3.63) is 59.0 Å². The zero-order valence-electron chi connectivity index (χ0n) is 17.2. The number of aromatic nitrogens is 4. The fourth-order valence-corrected chi connectivity index (χ4v) is 3.89. The van der Waals surface area contributed by atoms with Gasteiger partial charge in [-0.2, -0.15) is 10.2 Å². The predicted molar refractivity (Wildman–Crippen MR) is 110 cm³/mol. The second-order valence-corrected chi connectivity index (χ2v) is 7.62. The van der Waals surface area contributed by atoms with Crippen LogP contribution in [0.1, 0.15) is 40.3 Å². The Hall–Kier alpha value is -2.93. The van der Waals surface area contributed by atoms with Gasteiger partial charge in [0.15, 0.2) is 0 Å². The second-order valence-electron chi connectivity index (χ2n) is 7.62. The molecule has 3 aromatic rings. The van der Waals surface area contributed by atoms with Gasteiger partial charge < -0.3 is 9.64 Å². The number of carbonyl (C=O) groups excluding carboxylic acids is 1. The number of ether oxygens (including phenoxy) is 1. The normalized spacial score (nSPS) is 15.1. The lowest BCUT2D eigenvalue weighted by atomic mass is 10.1. The average molecular weight is 393 g/mol. The van der Waals surface area contributed by atoms with Gasteiger partial charge in [0.1, 0.15) is 5.69 Å². The van der Waals surface area contributed by atoms with E-state index in [4.69, 9.17) is 4.74 Å². The number of piperidine rings is 1. The van der Waals surface area contributed by atoms with E-state index in [9.17, 15) is 4.79 Å². The first-order valence-corrected chi connectivity index (χ1v) is 10.0. The molecule has 7 nitrogen and oxygen atoms in total. The van der Waals surface area contributed by atoms with Crippen LogP contribution in [0.3, 0.4) is 0 Å². The average Bonchev–Trinajstić information content (AvgIpc) is 3.31. The Morgan fingerprint density at radius 1 is 1.21 bits per heavy atom. The van der Waals surface area contributed by atoms with E-state index in [0.717, 1.165) is 35.5 Å². The van der Waals surface area contributed by atoms with Gasteiger partial charge in [0, 0.05) is 31.4 Å². The van der Waals surface area contributed by atoms with Crippen LogP contribution in [0.15, 0.2) is 36.4 Å². The highest BCUT2D eigenvalue weighted by atomic mass is 16.5. The van der Waals surface area contributed by atoms with Gasteiger partial charge in [-0.15, -0.1) is 0 Å². The summed E-state index contributed by atoms with van der Waals surface area (Å²) in [6.45, 7) is 5.97. The molecule has 0 unspecified atom stereocenters. The van der Waals surface area contributed by atoms with E-state index >= 15 is 0 Å². The Morgan fingerprint density at radius 2 is 1.93 bits per heavy atom. The van der Waals surface area contributed by atoms with Gasteiger partial charge in [-0.05, 0) is 38.3 Å². The van der Waals surface area contributed by atoms with Crippen molar-refractivity contribution in [2.75, 3.05) is 13.1 Å². The van der Waals surface area contributed by atoms with Crippen molar-refractivity contribution in [1.82, 2.24) is 24.9 Å². The molecule has 1 aliphatic rings. The summed E-state index contributed by atoms with van der Waals surface area (Å²) in [4.78, 5) is 14.8. The summed E-state index contributed by atoms with van der Waals surface area (Å²) in [6.07, 6.45) is 1.89. The fourth-order valence-electron chi connectivity index (χ4n) is 3.89. The topological polar surface area (TPSA) is 76.0 Å². The first kappa shape index (κ1) is 19.4. The molecule has 29 heavy (non-hydrogen) atoms. The molecule has 0 spiro atoms. The minimum atomic E-state index is -0.00976. The van der Waals surface area contributed by atoms with E-state index in [1.165, 1.54) is 5.56 Å². The molecular weight excluding hydrogens is 366 g/mol. The molecule has 1 saturated heterocycles. The standard InChI is InChI=1S/C22H27N5O2/c1-15-21(16(2)26(3)25-15)19-13-20(24-23-19)22(28)27-11-9-18(10-12-27)29-14-17-7-5-4-6-8-17/h4-8,13,18H,9-12,14H2,1-3H3,(H,23,24). The molecule has 1 fully saturated rings. The van der Waals surface area contributed by atoms with Gasteiger partial charge >= 0.3 is 0 Å². The molecule has 0 bridgehead atoms. The molecule has 1 amide bonds. The number of hydrogen-bond donors (Lipinski definition) is 1. The van der Waals surface area contributed by atoms with Gasteiger partial charge in [0.05, 0.1) is 24.1 Å². The van der Waals surface area contributed by atoms with Crippen LogP contribution >= 0.6 is 0 Å².